The van der Waals surface area contributed by atoms with Gasteiger partial charge in [0.25, 0.3) is 0 Å². The van der Waals surface area contributed by atoms with Gasteiger partial charge in [-0.15, -0.1) is 0 Å². The van der Waals surface area contributed by atoms with Crippen LogP contribution in [0, 0.1) is 0 Å². The Morgan fingerprint density at radius 3 is 2.67 bits per heavy atom. The van der Waals surface area contributed by atoms with Crippen molar-refractivity contribution in [2.75, 3.05) is 51.3 Å². The van der Waals surface area contributed by atoms with Crippen molar-refractivity contribution in [2.45, 2.75) is 20.0 Å². The average molecular weight is 389 g/mol. The molecular formula is C19H28N6OS. The van der Waals surface area contributed by atoms with Gasteiger partial charge in [-0.2, -0.15) is 4.37 Å². The molecule has 0 bridgehead atoms. The molecule has 0 amide bonds. The van der Waals surface area contributed by atoms with Crippen molar-refractivity contribution in [3.63, 3.8) is 0 Å². The van der Waals surface area contributed by atoms with Gasteiger partial charge in [0.05, 0.1) is 13.2 Å². The second-order valence-corrected chi connectivity index (χ2v) is 7.06. The van der Waals surface area contributed by atoms with Crippen molar-refractivity contribution in [1.82, 2.24) is 19.6 Å². The first-order chi connectivity index (χ1) is 13.3. The number of hydrogen-bond acceptors (Lipinski definition) is 6. The lowest BCUT2D eigenvalue weighted by atomic mass is 10.2. The van der Waals surface area contributed by atoms with E-state index in [-0.39, 0.29) is 0 Å². The van der Waals surface area contributed by atoms with E-state index in [4.69, 9.17) is 4.74 Å². The van der Waals surface area contributed by atoms with Gasteiger partial charge in [0, 0.05) is 57.7 Å². The fourth-order valence-corrected chi connectivity index (χ4v) is 3.76. The Hall–Kier alpha value is -2.19. The summed E-state index contributed by atoms with van der Waals surface area (Å²) in [5.41, 5.74) is 1.20. The fraction of sp³-hybridized carbons (Fsp3) is 0.526. The van der Waals surface area contributed by atoms with Crippen LogP contribution >= 0.6 is 11.5 Å². The first-order valence-electron chi connectivity index (χ1n) is 9.45. The molecule has 1 aromatic heterocycles. The van der Waals surface area contributed by atoms with Crippen LogP contribution in [0.15, 0.2) is 35.3 Å². The molecule has 0 saturated carbocycles. The van der Waals surface area contributed by atoms with E-state index < -0.39 is 0 Å². The lowest BCUT2D eigenvalue weighted by Gasteiger charge is -2.36. The smallest absolute Gasteiger partial charge is 0.205 e. The van der Waals surface area contributed by atoms with Crippen LogP contribution in [0.5, 0.6) is 0 Å². The largest absolute Gasteiger partial charge is 0.375 e. The van der Waals surface area contributed by atoms with Crippen molar-refractivity contribution in [3.05, 3.63) is 41.7 Å². The molecule has 2 aromatic rings. The Balaban J connectivity index is 1.37. The van der Waals surface area contributed by atoms with Gasteiger partial charge in [-0.05, 0) is 5.56 Å². The van der Waals surface area contributed by atoms with Crippen LogP contribution in [0.2, 0.25) is 0 Å². The number of aryl methyl sites for hydroxylation is 1. The first kappa shape index (κ1) is 19.6. The highest BCUT2D eigenvalue weighted by atomic mass is 32.1. The maximum Gasteiger partial charge on any atom is 0.205 e. The van der Waals surface area contributed by atoms with Crippen molar-refractivity contribution in [1.29, 1.82) is 0 Å². The van der Waals surface area contributed by atoms with Crippen molar-refractivity contribution in [2.24, 2.45) is 4.99 Å². The molecule has 2 heterocycles. The monoisotopic (exact) mass is 388 g/mol. The third kappa shape index (κ3) is 5.64. The summed E-state index contributed by atoms with van der Waals surface area (Å²) in [4.78, 5) is 13.6. The van der Waals surface area contributed by atoms with E-state index in [0.29, 0.717) is 13.2 Å². The van der Waals surface area contributed by atoms with Crippen LogP contribution in [0.1, 0.15) is 18.3 Å². The minimum Gasteiger partial charge on any atom is -0.375 e. The standard InChI is InChI=1S/C19H28N6OS/c1-3-17-22-19(27-23-17)25-12-10-24(11-13-25)18(20-2)21-9-14-26-15-16-7-5-4-6-8-16/h4-8H,3,9-15H2,1-2H3,(H,20,21). The number of anilines is 1. The maximum absolute atomic E-state index is 5.73. The molecule has 146 valence electrons. The minimum absolute atomic E-state index is 0.640. The van der Waals surface area contributed by atoms with Crippen molar-refractivity contribution in [3.8, 4) is 0 Å². The van der Waals surface area contributed by atoms with Gasteiger partial charge < -0.3 is 19.9 Å². The average Bonchev–Trinajstić information content (AvgIpc) is 3.21. The normalized spacial score (nSPS) is 15.3. The number of ether oxygens (including phenoxy) is 1. The number of aromatic nitrogens is 2. The Morgan fingerprint density at radius 1 is 1.22 bits per heavy atom. The second-order valence-electron chi connectivity index (χ2n) is 6.33. The molecule has 1 saturated heterocycles. The quantitative estimate of drug-likeness (QED) is 0.445. The van der Waals surface area contributed by atoms with Gasteiger partial charge in [-0.25, -0.2) is 4.98 Å². The predicted octanol–water partition coefficient (Wildman–Crippen LogP) is 2.01. The molecule has 0 unspecified atom stereocenters. The summed E-state index contributed by atoms with van der Waals surface area (Å²) in [6.07, 6.45) is 0.888. The van der Waals surface area contributed by atoms with Crippen LogP contribution in [-0.4, -0.2) is 66.6 Å². The maximum atomic E-state index is 5.73. The second kappa shape index (κ2) is 10.2. The van der Waals surface area contributed by atoms with Crippen molar-refractivity contribution < 1.29 is 4.74 Å². The minimum atomic E-state index is 0.640. The summed E-state index contributed by atoms with van der Waals surface area (Å²) >= 11 is 1.50. The Labute approximate surface area is 165 Å². The number of nitrogens with one attached hydrogen (secondary N) is 1. The lowest BCUT2D eigenvalue weighted by molar-refractivity contribution is 0.125. The molecule has 1 N–H and O–H groups in total. The van der Waals surface area contributed by atoms with Gasteiger partial charge in [0.15, 0.2) is 5.96 Å². The summed E-state index contributed by atoms with van der Waals surface area (Å²) in [6, 6.07) is 10.2. The van der Waals surface area contributed by atoms with E-state index in [1.54, 1.807) is 0 Å². The van der Waals surface area contributed by atoms with Crippen LogP contribution in [-0.2, 0) is 17.8 Å². The summed E-state index contributed by atoms with van der Waals surface area (Å²) in [5.74, 6) is 1.87. The highest BCUT2D eigenvalue weighted by Crippen LogP contribution is 2.19. The number of aliphatic imine (C=N–C) groups is 1. The molecule has 1 aliphatic rings. The lowest BCUT2D eigenvalue weighted by Crippen LogP contribution is -2.53. The van der Waals surface area contributed by atoms with Gasteiger partial charge >= 0.3 is 0 Å². The SMILES string of the molecule is CCc1nsc(N2CCN(C(=NC)NCCOCc3ccccc3)CC2)n1. The highest BCUT2D eigenvalue weighted by Gasteiger charge is 2.21. The van der Waals surface area contributed by atoms with E-state index in [0.717, 1.165) is 56.1 Å². The van der Waals surface area contributed by atoms with Gasteiger partial charge in [-0.3, -0.25) is 4.99 Å². The third-order valence-electron chi connectivity index (χ3n) is 4.48. The van der Waals surface area contributed by atoms with Gasteiger partial charge in [0.2, 0.25) is 5.13 Å². The van der Waals surface area contributed by atoms with Gasteiger partial charge in [0.1, 0.15) is 5.82 Å². The van der Waals surface area contributed by atoms with E-state index in [1.165, 1.54) is 17.1 Å². The molecule has 0 radical (unpaired) electrons. The molecule has 7 nitrogen and oxygen atoms in total. The molecule has 0 spiro atoms. The number of piperazine rings is 1. The molecule has 1 aliphatic heterocycles. The van der Waals surface area contributed by atoms with E-state index in [9.17, 15) is 0 Å². The zero-order valence-corrected chi connectivity index (χ0v) is 16.9. The Kier molecular flexibility index (Phi) is 7.41. The summed E-state index contributed by atoms with van der Waals surface area (Å²) in [7, 11) is 1.83. The first-order valence-corrected chi connectivity index (χ1v) is 10.2. The number of nitrogens with zero attached hydrogens (tertiary/aromatic N) is 5. The van der Waals surface area contributed by atoms with Crippen molar-refractivity contribution >= 4 is 22.6 Å². The van der Waals surface area contributed by atoms with E-state index in [1.807, 2.05) is 25.2 Å². The highest BCUT2D eigenvalue weighted by molar-refractivity contribution is 7.09. The summed E-state index contributed by atoms with van der Waals surface area (Å²) < 4.78 is 10.1. The Morgan fingerprint density at radius 2 is 2.00 bits per heavy atom. The third-order valence-corrected chi connectivity index (χ3v) is 5.29. The summed E-state index contributed by atoms with van der Waals surface area (Å²) in [6.45, 7) is 7.84. The Bertz CT molecular complexity index is 712. The van der Waals surface area contributed by atoms with Gasteiger partial charge in [-0.1, -0.05) is 37.3 Å². The summed E-state index contributed by atoms with van der Waals surface area (Å²) in [5, 5.41) is 4.43. The molecule has 1 aromatic carbocycles. The molecule has 0 aliphatic carbocycles. The molecule has 3 rings (SSSR count). The predicted molar refractivity (Wildman–Crippen MR) is 111 cm³/mol. The van der Waals surface area contributed by atoms with Crippen LogP contribution in [0.3, 0.4) is 0 Å². The topological polar surface area (TPSA) is 65.9 Å². The zero-order valence-electron chi connectivity index (χ0n) is 16.1. The number of rotatable bonds is 7. The number of benzene rings is 1. The zero-order chi connectivity index (χ0) is 18.9. The molecule has 0 atom stereocenters. The molecule has 8 heteroatoms. The molecular weight excluding hydrogens is 360 g/mol. The molecule has 1 fully saturated rings. The van der Waals surface area contributed by atoms with E-state index >= 15 is 0 Å². The van der Waals surface area contributed by atoms with E-state index in [2.05, 4.69) is 48.5 Å². The number of hydrogen-bond donors (Lipinski definition) is 1. The fourth-order valence-electron chi connectivity index (χ4n) is 2.96. The van der Waals surface area contributed by atoms with Crippen LogP contribution < -0.4 is 10.2 Å². The number of guanidine groups is 1. The van der Waals surface area contributed by atoms with Crippen LogP contribution in [0.25, 0.3) is 0 Å². The molecule has 27 heavy (non-hydrogen) atoms. The van der Waals surface area contributed by atoms with Crippen LogP contribution in [0.4, 0.5) is 5.13 Å².